The summed E-state index contributed by atoms with van der Waals surface area (Å²) in [6.45, 7) is 0.694. The molecule has 0 spiro atoms. The Bertz CT molecular complexity index is 719. The maximum absolute atomic E-state index is 12.0. The van der Waals surface area contributed by atoms with E-state index in [4.69, 9.17) is 9.47 Å². The van der Waals surface area contributed by atoms with Crippen LogP contribution in [-0.4, -0.2) is 25.7 Å². The van der Waals surface area contributed by atoms with Crippen LogP contribution in [0, 0.1) is 0 Å². The molecule has 5 nitrogen and oxygen atoms in total. The number of ether oxygens (including phenoxy) is 2. The predicted octanol–water partition coefficient (Wildman–Crippen LogP) is 4.17. The van der Waals surface area contributed by atoms with Gasteiger partial charge in [0.25, 0.3) is 0 Å². The van der Waals surface area contributed by atoms with Crippen molar-refractivity contribution in [1.82, 2.24) is 5.32 Å². The first kappa shape index (κ1) is 20.9. The Hall–Kier alpha value is -2.40. The second-order valence-corrected chi connectivity index (χ2v) is 6.51. The molecule has 1 aliphatic carbocycles. The molecule has 0 saturated heterocycles. The third-order valence-electron chi connectivity index (χ3n) is 4.54. The van der Waals surface area contributed by atoms with E-state index in [-0.39, 0.29) is 24.9 Å². The molecule has 0 bridgehead atoms. The van der Waals surface area contributed by atoms with Crippen LogP contribution in [0.15, 0.2) is 48.5 Å². The Labute approximate surface area is 166 Å². The van der Waals surface area contributed by atoms with Gasteiger partial charge in [0.1, 0.15) is 0 Å². The molecule has 146 valence electrons. The van der Waals surface area contributed by atoms with Crippen LogP contribution in [0.25, 0.3) is 0 Å². The minimum absolute atomic E-state index is 0. The van der Waals surface area contributed by atoms with Gasteiger partial charge in [0.15, 0.2) is 11.5 Å². The summed E-state index contributed by atoms with van der Waals surface area (Å²) in [4.78, 5) is 12.0. The van der Waals surface area contributed by atoms with Gasteiger partial charge >= 0.3 is 0 Å². The highest BCUT2D eigenvalue weighted by Gasteiger charge is 2.18. The van der Waals surface area contributed by atoms with Gasteiger partial charge < -0.3 is 20.1 Å². The molecule has 2 aromatic rings. The Morgan fingerprint density at radius 2 is 1.81 bits per heavy atom. The first-order valence-corrected chi connectivity index (χ1v) is 9.14. The average Bonchev–Trinajstić information content (AvgIpc) is 3.19. The topological polar surface area (TPSA) is 59.6 Å². The van der Waals surface area contributed by atoms with E-state index in [9.17, 15) is 4.79 Å². The van der Waals surface area contributed by atoms with Crippen molar-refractivity contribution in [3.63, 3.8) is 0 Å². The van der Waals surface area contributed by atoms with Crippen molar-refractivity contribution >= 4 is 24.0 Å². The highest BCUT2D eigenvalue weighted by atomic mass is 35.5. The molecule has 1 aliphatic rings. The molecule has 0 atom stereocenters. The van der Waals surface area contributed by atoms with Crippen LogP contribution in [0.2, 0.25) is 0 Å². The summed E-state index contributed by atoms with van der Waals surface area (Å²) < 4.78 is 11.5. The lowest BCUT2D eigenvalue weighted by molar-refractivity contribution is -0.119. The van der Waals surface area contributed by atoms with E-state index < -0.39 is 0 Å². The van der Waals surface area contributed by atoms with Crippen molar-refractivity contribution < 1.29 is 14.3 Å². The number of methoxy groups -OCH3 is 1. The van der Waals surface area contributed by atoms with Crippen LogP contribution in [0.5, 0.6) is 11.5 Å². The zero-order valence-corrected chi connectivity index (χ0v) is 16.4. The summed E-state index contributed by atoms with van der Waals surface area (Å²) in [5.74, 6) is 1.44. The molecule has 0 heterocycles. The summed E-state index contributed by atoms with van der Waals surface area (Å²) in [7, 11) is 1.64. The second-order valence-electron chi connectivity index (χ2n) is 6.51. The quantitative estimate of drug-likeness (QED) is 0.710. The summed E-state index contributed by atoms with van der Waals surface area (Å²) in [5.41, 5.74) is 1.91. The van der Waals surface area contributed by atoms with Crippen LogP contribution in [0.3, 0.4) is 0 Å². The van der Waals surface area contributed by atoms with Gasteiger partial charge in [0, 0.05) is 12.2 Å². The van der Waals surface area contributed by atoms with Crippen LogP contribution in [-0.2, 0) is 11.3 Å². The number of benzene rings is 2. The molecule has 2 aromatic carbocycles. The molecular weight excluding hydrogens is 364 g/mol. The molecule has 1 saturated carbocycles. The van der Waals surface area contributed by atoms with E-state index in [1.807, 2.05) is 48.5 Å². The molecule has 0 aromatic heterocycles. The monoisotopic (exact) mass is 390 g/mol. The van der Waals surface area contributed by atoms with Crippen molar-refractivity contribution in [3.8, 4) is 11.5 Å². The predicted molar refractivity (Wildman–Crippen MR) is 110 cm³/mol. The molecule has 1 amide bonds. The first-order valence-electron chi connectivity index (χ1n) is 9.14. The fraction of sp³-hybridized carbons (Fsp3) is 0.381. The fourth-order valence-corrected chi connectivity index (χ4v) is 3.11. The molecule has 1 fully saturated rings. The smallest absolute Gasteiger partial charge is 0.239 e. The zero-order chi connectivity index (χ0) is 18.2. The van der Waals surface area contributed by atoms with E-state index >= 15 is 0 Å². The molecule has 6 heteroatoms. The summed E-state index contributed by atoms with van der Waals surface area (Å²) in [5, 5.41) is 6.01. The molecule has 0 aliphatic heterocycles. The molecule has 27 heavy (non-hydrogen) atoms. The number of carbonyl (C=O) groups excluding carboxylic acids is 1. The number of rotatable bonds is 8. The molecule has 2 N–H and O–H groups in total. The van der Waals surface area contributed by atoms with Crippen LogP contribution in [0.1, 0.15) is 31.2 Å². The Morgan fingerprint density at radius 1 is 1.07 bits per heavy atom. The number of amides is 1. The van der Waals surface area contributed by atoms with Gasteiger partial charge in [-0.15, -0.1) is 12.4 Å². The largest absolute Gasteiger partial charge is 0.493 e. The SMILES string of the molecule is COc1cc(CNC(=O)CNc2ccccc2)ccc1OC1CCCC1.Cl. The van der Waals surface area contributed by atoms with Gasteiger partial charge in [-0.25, -0.2) is 0 Å². The van der Waals surface area contributed by atoms with Gasteiger partial charge in [-0.2, -0.15) is 0 Å². The van der Waals surface area contributed by atoms with E-state index in [0.29, 0.717) is 18.4 Å². The van der Waals surface area contributed by atoms with Crippen molar-refractivity contribution in [2.45, 2.75) is 38.3 Å². The Balaban J connectivity index is 0.00000261. The van der Waals surface area contributed by atoms with Gasteiger partial charge in [0.05, 0.1) is 19.8 Å². The van der Waals surface area contributed by atoms with Gasteiger partial charge in [0.2, 0.25) is 5.91 Å². The third-order valence-corrected chi connectivity index (χ3v) is 4.54. The van der Waals surface area contributed by atoms with E-state index in [1.165, 1.54) is 12.8 Å². The average molecular weight is 391 g/mol. The highest BCUT2D eigenvalue weighted by molar-refractivity contribution is 5.85. The van der Waals surface area contributed by atoms with E-state index in [1.54, 1.807) is 7.11 Å². The lowest BCUT2D eigenvalue weighted by Crippen LogP contribution is -2.29. The summed E-state index contributed by atoms with van der Waals surface area (Å²) >= 11 is 0. The first-order chi connectivity index (χ1) is 12.7. The number of halogens is 1. The van der Waals surface area contributed by atoms with Gasteiger partial charge in [-0.1, -0.05) is 24.3 Å². The van der Waals surface area contributed by atoms with Crippen molar-refractivity contribution in [1.29, 1.82) is 0 Å². The lowest BCUT2D eigenvalue weighted by atomic mass is 10.2. The molecule has 0 unspecified atom stereocenters. The standard InChI is InChI=1S/C21H26N2O3.ClH/c1-25-20-13-16(11-12-19(20)26-18-9-5-6-10-18)14-23-21(24)15-22-17-7-3-2-4-8-17;/h2-4,7-8,11-13,18,22H,5-6,9-10,14-15H2,1H3,(H,23,24);1H. The third kappa shape index (κ3) is 6.36. The van der Waals surface area contributed by atoms with Crippen molar-refractivity contribution in [2.75, 3.05) is 19.0 Å². The number of anilines is 1. The minimum atomic E-state index is -0.0564. The second kappa shape index (κ2) is 10.7. The van der Waals surface area contributed by atoms with Crippen LogP contribution < -0.4 is 20.1 Å². The van der Waals surface area contributed by atoms with E-state index in [2.05, 4.69) is 10.6 Å². The normalized spacial score (nSPS) is 13.5. The highest BCUT2D eigenvalue weighted by Crippen LogP contribution is 2.32. The lowest BCUT2D eigenvalue weighted by Gasteiger charge is -2.17. The van der Waals surface area contributed by atoms with Crippen molar-refractivity contribution in [2.24, 2.45) is 0 Å². The fourth-order valence-electron chi connectivity index (χ4n) is 3.11. The Morgan fingerprint density at radius 3 is 2.52 bits per heavy atom. The number of hydrogen-bond acceptors (Lipinski definition) is 4. The maximum Gasteiger partial charge on any atom is 0.239 e. The zero-order valence-electron chi connectivity index (χ0n) is 15.6. The summed E-state index contributed by atoms with van der Waals surface area (Å²) in [6, 6.07) is 15.5. The van der Waals surface area contributed by atoms with Gasteiger partial charge in [-0.3, -0.25) is 4.79 Å². The molecule has 3 rings (SSSR count). The molecular formula is C21H27ClN2O3. The maximum atomic E-state index is 12.0. The number of nitrogens with one attached hydrogen (secondary N) is 2. The number of carbonyl (C=O) groups is 1. The summed E-state index contributed by atoms with van der Waals surface area (Å²) in [6.07, 6.45) is 4.96. The van der Waals surface area contributed by atoms with Crippen LogP contribution >= 0.6 is 12.4 Å². The van der Waals surface area contributed by atoms with Gasteiger partial charge in [-0.05, 0) is 55.5 Å². The van der Waals surface area contributed by atoms with Crippen LogP contribution in [0.4, 0.5) is 5.69 Å². The Kier molecular flexibility index (Phi) is 8.27. The molecule has 0 radical (unpaired) electrons. The number of para-hydroxylation sites is 1. The van der Waals surface area contributed by atoms with E-state index in [0.717, 1.165) is 29.8 Å². The minimum Gasteiger partial charge on any atom is -0.493 e. The number of hydrogen-bond donors (Lipinski definition) is 2. The van der Waals surface area contributed by atoms with Crippen molar-refractivity contribution in [3.05, 3.63) is 54.1 Å².